The summed E-state index contributed by atoms with van der Waals surface area (Å²) in [6.45, 7) is -0.563. The summed E-state index contributed by atoms with van der Waals surface area (Å²) in [5.74, 6) is -4.79. The summed E-state index contributed by atoms with van der Waals surface area (Å²) >= 11 is 0. The van der Waals surface area contributed by atoms with Crippen LogP contribution in [0.25, 0.3) is 0 Å². The van der Waals surface area contributed by atoms with Crippen molar-refractivity contribution < 1.29 is 23.3 Å². The first-order chi connectivity index (χ1) is 10.7. The van der Waals surface area contributed by atoms with E-state index in [-0.39, 0.29) is 23.7 Å². The third-order valence-corrected chi connectivity index (χ3v) is 2.88. The Morgan fingerprint density at radius 1 is 1.42 bits per heavy atom. The van der Waals surface area contributed by atoms with Gasteiger partial charge in [0.1, 0.15) is 6.04 Å². The van der Waals surface area contributed by atoms with Crippen molar-refractivity contribution in [2.75, 3.05) is 13.1 Å². The molecule has 0 saturated heterocycles. The minimum atomic E-state index is -3.24. The van der Waals surface area contributed by atoms with E-state index >= 15 is 0 Å². The molecule has 11 heteroatoms. The highest BCUT2D eigenvalue weighted by molar-refractivity contribution is 5.97. The van der Waals surface area contributed by atoms with Crippen LogP contribution in [0.5, 0.6) is 0 Å². The first kappa shape index (κ1) is 21.7. The topological polar surface area (TPSA) is 127 Å². The molecule has 4 N–H and O–H groups in total. The molecule has 1 aromatic carbocycles. The second kappa shape index (κ2) is 9.08. The Hall–Kier alpha value is -2.33. The number of nitrogens with one attached hydrogen (secondary N) is 2. The van der Waals surface area contributed by atoms with Crippen molar-refractivity contribution in [1.82, 2.24) is 10.6 Å². The van der Waals surface area contributed by atoms with E-state index in [0.29, 0.717) is 0 Å². The molecule has 0 heterocycles. The Morgan fingerprint density at radius 2 is 2.04 bits per heavy atom. The van der Waals surface area contributed by atoms with E-state index in [1.54, 1.807) is 0 Å². The number of nitrogens with zero attached hydrogens (tertiary/aromatic N) is 1. The zero-order chi connectivity index (χ0) is 17.6. The van der Waals surface area contributed by atoms with Gasteiger partial charge in [0.25, 0.3) is 17.5 Å². The van der Waals surface area contributed by atoms with Crippen molar-refractivity contribution in [2.24, 2.45) is 5.73 Å². The van der Waals surface area contributed by atoms with Crippen LogP contribution in [-0.2, 0) is 4.79 Å². The Kier molecular flexibility index (Phi) is 8.20. The Labute approximate surface area is 142 Å². The summed E-state index contributed by atoms with van der Waals surface area (Å²) in [7, 11) is 0. The molecule has 0 aliphatic carbocycles. The molecule has 0 radical (unpaired) electrons. The number of halogens is 3. The zero-order valence-electron chi connectivity index (χ0n) is 12.6. The van der Waals surface area contributed by atoms with Crippen LogP contribution >= 0.6 is 12.4 Å². The van der Waals surface area contributed by atoms with Crippen molar-refractivity contribution in [2.45, 2.75) is 18.9 Å². The summed E-state index contributed by atoms with van der Waals surface area (Å²) in [5, 5.41) is 14.9. The predicted octanol–water partition coefficient (Wildman–Crippen LogP) is 0.845. The van der Waals surface area contributed by atoms with Crippen LogP contribution < -0.4 is 16.4 Å². The van der Waals surface area contributed by atoms with E-state index in [4.69, 9.17) is 5.73 Å². The number of rotatable bonds is 7. The highest BCUT2D eigenvalue weighted by Crippen LogP contribution is 2.13. The average Bonchev–Trinajstić information content (AvgIpc) is 2.52. The molecule has 8 nitrogen and oxygen atoms in total. The molecule has 0 aliphatic rings. The molecule has 24 heavy (non-hydrogen) atoms. The summed E-state index contributed by atoms with van der Waals surface area (Å²) < 4.78 is 25.9. The maximum Gasteiger partial charge on any atom is 0.277 e. The molecule has 1 unspecified atom stereocenters. The highest BCUT2D eigenvalue weighted by Gasteiger charge is 2.28. The van der Waals surface area contributed by atoms with Crippen LogP contribution in [0, 0.1) is 10.1 Å². The van der Waals surface area contributed by atoms with Gasteiger partial charge in [-0.1, -0.05) is 6.07 Å². The monoisotopic (exact) mass is 366 g/mol. The van der Waals surface area contributed by atoms with Crippen molar-refractivity contribution >= 4 is 29.9 Å². The number of alkyl halides is 2. The molecule has 0 saturated carbocycles. The maximum atomic E-state index is 12.9. The molecular weight excluding hydrogens is 350 g/mol. The highest BCUT2D eigenvalue weighted by atomic mass is 35.5. The predicted molar refractivity (Wildman–Crippen MR) is 84.3 cm³/mol. The molecule has 0 spiro atoms. The second-order valence-electron chi connectivity index (χ2n) is 4.78. The average molecular weight is 367 g/mol. The van der Waals surface area contributed by atoms with Gasteiger partial charge in [0.15, 0.2) is 0 Å². The van der Waals surface area contributed by atoms with Gasteiger partial charge in [-0.2, -0.15) is 0 Å². The van der Waals surface area contributed by atoms with Crippen LogP contribution in [0.4, 0.5) is 14.5 Å². The summed E-state index contributed by atoms with van der Waals surface area (Å²) in [4.78, 5) is 33.5. The van der Waals surface area contributed by atoms with E-state index in [1.807, 2.05) is 5.32 Å². The van der Waals surface area contributed by atoms with E-state index < -0.39 is 41.8 Å². The van der Waals surface area contributed by atoms with Crippen molar-refractivity contribution in [3.05, 3.63) is 39.9 Å². The lowest BCUT2D eigenvalue weighted by atomic mass is 10.1. The number of carbonyl (C=O) groups is 2. The first-order valence-electron chi connectivity index (χ1n) is 6.57. The van der Waals surface area contributed by atoms with Gasteiger partial charge >= 0.3 is 0 Å². The Morgan fingerprint density at radius 3 is 2.58 bits per heavy atom. The molecule has 0 aromatic heterocycles. The van der Waals surface area contributed by atoms with Gasteiger partial charge in [0, 0.05) is 17.7 Å². The van der Waals surface area contributed by atoms with E-state index in [2.05, 4.69) is 5.32 Å². The fourth-order valence-corrected chi connectivity index (χ4v) is 1.55. The van der Waals surface area contributed by atoms with E-state index in [0.717, 1.165) is 6.07 Å². The van der Waals surface area contributed by atoms with E-state index in [1.165, 1.54) is 25.1 Å². The SMILES string of the molecule is CC(NC(=O)c1cccc([N+](=O)[O-])c1)C(=O)NCC(F)(F)CN.Cl. The first-order valence-corrected chi connectivity index (χ1v) is 6.57. The van der Waals surface area contributed by atoms with Crippen molar-refractivity contribution in [3.63, 3.8) is 0 Å². The molecule has 0 fully saturated rings. The number of carbonyl (C=O) groups excluding carboxylic acids is 2. The van der Waals surface area contributed by atoms with E-state index in [9.17, 15) is 28.5 Å². The van der Waals surface area contributed by atoms with Crippen LogP contribution in [0.1, 0.15) is 17.3 Å². The van der Waals surface area contributed by atoms with Crippen LogP contribution in [-0.4, -0.2) is 41.8 Å². The maximum absolute atomic E-state index is 12.9. The van der Waals surface area contributed by atoms with Gasteiger partial charge in [-0.3, -0.25) is 19.7 Å². The summed E-state index contributed by atoms with van der Waals surface area (Å²) in [6.07, 6.45) is 0. The Bertz CT molecular complexity index is 615. The molecule has 1 atom stereocenters. The van der Waals surface area contributed by atoms with Gasteiger partial charge in [-0.05, 0) is 13.0 Å². The molecule has 0 bridgehead atoms. The van der Waals surface area contributed by atoms with Gasteiger partial charge in [0.2, 0.25) is 5.91 Å². The summed E-state index contributed by atoms with van der Waals surface area (Å²) in [5.41, 5.74) is 4.54. The Balaban J connectivity index is 0.00000529. The standard InChI is InChI=1S/C13H16F2N4O4.ClH/c1-8(11(20)17-7-13(14,15)6-16)18-12(21)9-3-2-4-10(5-9)19(22)23;/h2-5,8H,6-7,16H2,1H3,(H,17,20)(H,18,21);1H. The number of nitro groups is 1. The lowest BCUT2D eigenvalue weighted by molar-refractivity contribution is -0.384. The number of benzene rings is 1. The normalized spacial score (nSPS) is 11.8. The van der Waals surface area contributed by atoms with Gasteiger partial charge < -0.3 is 16.4 Å². The lowest BCUT2D eigenvalue weighted by Crippen LogP contribution is -2.49. The minimum Gasteiger partial charge on any atom is -0.348 e. The summed E-state index contributed by atoms with van der Waals surface area (Å²) in [6, 6.07) is 3.80. The van der Waals surface area contributed by atoms with Gasteiger partial charge in [-0.15, -0.1) is 12.4 Å². The van der Waals surface area contributed by atoms with Crippen molar-refractivity contribution in [1.29, 1.82) is 0 Å². The number of non-ortho nitro benzene ring substituents is 1. The van der Waals surface area contributed by atoms with Gasteiger partial charge in [-0.25, -0.2) is 8.78 Å². The molecule has 1 aromatic rings. The third kappa shape index (κ3) is 6.42. The number of nitro benzene ring substituents is 1. The lowest BCUT2D eigenvalue weighted by Gasteiger charge is -2.18. The fourth-order valence-electron chi connectivity index (χ4n) is 1.55. The number of hydrogen-bond acceptors (Lipinski definition) is 5. The van der Waals surface area contributed by atoms with Crippen LogP contribution in [0.3, 0.4) is 0 Å². The smallest absolute Gasteiger partial charge is 0.277 e. The number of nitrogens with two attached hydrogens (primary N) is 1. The van der Waals surface area contributed by atoms with Crippen LogP contribution in [0.2, 0.25) is 0 Å². The quantitative estimate of drug-likeness (QED) is 0.487. The van der Waals surface area contributed by atoms with Gasteiger partial charge in [0.05, 0.1) is 18.0 Å². The largest absolute Gasteiger partial charge is 0.348 e. The fraction of sp³-hybridized carbons (Fsp3) is 0.385. The molecule has 1 rings (SSSR count). The third-order valence-electron chi connectivity index (χ3n) is 2.88. The number of hydrogen-bond donors (Lipinski definition) is 3. The molecular formula is C13H17ClF2N4O4. The molecule has 134 valence electrons. The second-order valence-corrected chi connectivity index (χ2v) is 4.78. The van der Waals surface area contributed by atoms with Crippen molar-refractivity contribution in [3.8, 4) is 0 Å². The minimum absolute atomic E-state index is 0. The molecule has 0 aliphatic heterocycles. The number of amides is 2. The zero-order valence-corrected chi connectivity index (χ0v) is 13.4. The molecule has 2 amide bonds. The van der Waals surface area contributed by atoms with Crippen LogP contribution in [0.15, 0.2) is 24.3 Å².